The predicted octanol–water partition coefficient (Wildman–Crippen LogP) is 1.06. The lowest BCUT2D eigenvalue weighted by molar-refractivity contribution is 0.0730. The predicted molar refractivity (Wildman–Crippen MR) is 89.9 cm³/mol. The number of hydrogen-bond donors (Lipinski definition) is 2. The summed E-state index contributed by atoms with van der Waals surface area (Å²) in [6, 6.07) is 8.55. The van der Waals surface area contributed by atoms with Crippen molar-refractivity contribution in [1.82, 2.24) is 9.29 Å². The average Bonchev–Trinajstić information content (AvgIpc) is 2.64. The number of sulfonamides is 1. The van der Waals surface area contributed by atoms with Gasteiger partial charge in [-0.15, -0.1) is 0 Å². The van der Waals surface area contributed by atoms with Gasteiger partial charge in [-0.25, -0.2) is 13.4 Å². The van der Waals surface area contributed by atoms with Gasteiger partial charge >= 0.3 is 0 Å². The van der Waals surface area contributed by atoms with Crippen LogP contribution in [0.1, 0.15) is 10.4 Å². The molecule has 9 heteroatoms. The number of carbonyl (C=O) groups is 1. The Morgan fingerprint density at radius 3 is 2.48 bits per heavy atom. The molecule has 1 saturated heterocycles. The topological polar surface area (TPSA) is 109 Å². The van der Waals surface area contributed by atoms with Gasteiger partial charge in [0.15, 0.2) is 11.6 Å². The van der Waals surface area contributed by atoms with Gasteiger partial charge in [0.2, 0.25) is 10.0 Å². The van der Waals surface area contributed by atoms with Crippen molar-refractivity contribution >= 4 is 21.7 Å². The molecule has 0 saturated carbocycles. The van der Waals surface area contributed by atoms with Gasteiger partial charge in [-0.3, -0.25) is 4.79 Å². The smallest absolute Gasteiger partial charge is 0.256 e. The Morgan fingerprint density at radius 1 is 1.16 bits per heavy atom. The van der Waals surface area contributed by atoms with E-state index in [1.54, 1.807) is 0 Å². The molecule has 0 radical (unpaired) electrons. The lowest BCUT2D eigenvalue weighted by Crippen LogP contribution is -2.40. The van der Waals surface area contributed by atoms with E-state index in [2.05, 4.69) is 10.3 Å². The highest BCUT2D eigenvalue weighted by Crippen LogP contribution is 2.21. The van der Waals surface area contributed by atoms with Crippen LogP contribution in [0.2, 0.25) is 0 Å². The van der Waals surface area contributed by atoms with Crippen LogP contribution in [0.15, 0.2) is 47.5 Å². The molecule has 0 atom stereocenters. The van der Waals surface area contributed by atoms with E-state index < -0.39 is 15.9 Å². The number of nitrogens with zero attached hydrogens (tertiary/aromatic N) is 2. The summed E-state index contributed by atoms with van der Waals surface area (Å²) in [6.07, 6.45) is 1.44. The number of anilines is 1. The van der Waals surface area contributed by atoms with E-state index in [1.807, 2.05) is 0 Å². The molecule has 0 spiro atoms. The summed E-state index contributed by atoms with van der Waals surface area (Å²) in [4.78, 5) is 16.2. The van der Waals surface area contributed by atoms with Gasteiger partial charge in [-0.05, 0) is 36.4 Å². The highest BCUT2D eigenvalue weighted by molar-refractivity contribution is 7.89. The molecule has 1 aliphatic heterocycles. The summed E-state index contributed by atoms with van der Waals surface area (Å²) in [6.45, 7) is 1.35. The van der Waals surface area contributed by atoms with Gasteiger partial charge in [0.1, 0.15) is 0 Å². The summed E-state index contributed by atoms with van der Waals surface area (Å²) in [5.41, 5.74) is 0.256. The molecule has 0 bridgehead atoms. The van der Waals surface area contributed by atoms with E-state index in [1.165, 1.54) is 46.9 Å². The average molecular weight is 363 g/mol. The van der Waals surface area contributed by atoms with E-state index in [0.717, 1.165) is 0 Å². The fourth-order valence-corrected chi connectivity index (χ4v) is 3.80. The molecule has 132 valence electrons. The van der Waals surface area contributed by atoms with Crippen LogP contribution < -0.4 is 5.32 Å². The SMILES string of the molecule is O=C(Nc1ncccc1O)c1ccc(S(=O)(=O)N2CCOCC2)cc1. The zero-order valence-corrected chi connectivity index (χ0v) is 14.1. The Kier molecular flexibility index (Phi) is 4.98. The largest absolute Gasteiger partial charge is 0.504 e. The molecule has 1 aliphatic rings. The van der Waals surface area contributed by atoms with Crippen molar-refractivity contribution < 1.29 is 23.1 Å². The maximum atomic E-state index is 12.5. The Hall–Kier alpha value is -2.49. The van der Waals surface area contributed by atoms with E-state index in [9.17, 15) is 18.3 Å². The number of ether oxygens (including phenoxy) is 1. The number of hydrogen-bond acceptors (Lipinski definition) is 6. The lowest BCUT2D eigenvalue weighted by Gasteiger charge is -2.26. The molecule has 3 rings (SSSR count). The number of aromatic hydroxyl groups is 1. The van der Waals surface area contributed by atoms with Gasteiger partial charge < -0.3 is 15.2 Å². The zero-order valence-electron chi connectivity index (χ0n) is 13.3. The van der Waals surface area contributed by atoms with Crippen LogP contribution in [-0.4, -0.2) is 55.0 Å². The number of aromatic nitrogens is 1. The second kappa shape index (κ2) is 7.18. The molecular weight excluding hydrogens is 346 g/mol. The van der Waals surface area contributed by atoms with Crippen LogP contribution in [0.25, 0.3) is 0 Å². The van der Waals surface area contributed by atoms with Crippen LogP contribution >= 0.6 is 0 Å². The molecule has 1 aromatic heterocycles. The molecule has 8 nitrogen and oxygen atoms in total. The van der Waals surface area contributed by atoms with Crippen LogP contribution in [0, 0.1) is 0 Å². The van der Waals surface area contributed by atoms with Crippen molar-refractivity contribution in [3.05, 3.63) is 48.2 Å². The van der Waals surface area contributed by atoms with Gasteiger partial charge in [0.25, 0.3) is 5.91 Å². The fourth-order valence-electron chi connectivity index (χ4n) is 2.39. The number of benzene rings is 1. The van der Waals surface area contributed by atoms with Crippen molar-refractivity contribution in [2.45, 2.75) is 4.90 Å². The van der Waals surface area contributed by atoms with Crippen molar-refractivity contribution in [3.63, 3.8) is 0 Å². The second-order valence-corrected chi connectivity index (χ2v) is 7.30. The minimum Gasteiger partial charge on any atom is -0.504 e. The van der Waals surface area contributed by atoms with Crippen LogP contribution in [0.5, 0.6) is 5.75 Å². The zero-order chi connectivity index (χ0) is 17.9. The Labute approximate surface area is 145 Å². The lowest BCUT2D eigenvalue weighted by atomic mass is 10.2. The molecule has 1 fully saturated rings. The van der Waals surface area contributed by atoms with Gasteiger partial charge in [0, 0.05) is 24.8 Å². The first-order valence-electron chi connectivity index (χ1n) is 7.62. The summed E-state index contributed by atoms with van der Waals surface area (Å²) < 4.78 is 31.6. The van der Waals surface area contributed by atoms with Crippen LogP contribution in [-0.2, 0) is 14.8 Å². The minimum atomic E-state index is -3.60. The van der Waals surface area contributed by atoms with Crippen molar-refractivity contribution in [2.24, 2.45) is 0 Å². The molecule has 2 N–H and O–H groups in total. The first kappa shape index (κ1) is 17.3. The summed E-state index contributed by atoms with van der Waals surface area (Å²) >= 11 is 0. The third kappa shape index (κ3) is 3.78. The van der Waals surface area contributed by atoms with E-state index >= 15 is 0 Å². The van der Waals surface area contributed by atoms with Crippen molar-refractivity contribution in [2.75, 3.05) is 31.6 Å². The Morgan fingerprint density at radius 2 is 1.84 bits per heavy atom. The van der Waals surface area contributed by atoms with E-state index in [-0.39, 0.29) is 22.0 Å². The molecule has 25 heavy (non-hydrogen) atoms. The van der Waals surface area contributed by atoms with E-state index in [4.69, 9.17) is 4.74 Å². The first-order chi connectivity index (χ1) is 12.0. The molecule has 2 heterocycles. The van der Waals surface area contributed by atoms with Crippen LogP contribution in [0.4, 0.5) is 5.82 Å². The molecular formula is C16H17N3O5S. The Balaban J connectivity index is 1.75. The van der Waals surface area contributed by atoms with Gasteiger partial charge in [-0.1, -0.05) is 0 Å². The molecule has 1 amide bonds. The number of rotatable bonds is 4. The third-order valence-electron chi connectivity index (χ3n) is 3.74. The number of morpholine rings is 1. The maximum absolute atomic E-state index is 12.5. The number of pyridine rings is 1. The minimum absolute atomic E-state index is 0.0394. The first-order valence-corrected chi connectivity index (χ1v) is 9.06. The standard InChI is InChI=1S/C16H17N3O5S/c20-14-2-1-7-17-15(14)18-16(21)12-3-5-13(6-4-12)25(22,23)19-8-10-24-11-9-19/h1-7,20H,8-11H2,(H,17,18,21). The van der Waals surface area contributed by atoms with Crippen molar-refractivity contribution in [3.8, 4) is 5.75 Å². The molecule has 0 unspecified atom stereocenters. The summed E-state index contributed by atoms with van der Waals surface area (Å²) in [7, 11) is -3.60. The van der Waals surface area contributed by atoms with Gasteiger partial charge in [-0.2, -0.15) is 4.31 Å². The van der Waals surface area contributed by atoms with E-state index in [0.29, 0.717) is 26.3 Å². The summed E-state index contributed by atoms with van der Waals surface area (Å²) in [5, 5.41) is 12.1. The number of nitrogens with one attached hydrogen (secondary N) is 1. The highest BCUT2D eigenvalue weighted by Gasteiger charge is 2.26. The monoisotopic (exact) mass is 363 g/mol. The quantitative estimate of drug-likeness (QED) is 0.841. The number of amides is 1. The molecule has 0 aliphatic carbocycles. The normalized spacial score (nSPS) is 15.7. The number of carbonyl (C=O) groups excluding carboxylic acids is 1. The highest BCUT2D eigenvalue weighted by atomic mass is 32.2. The fraction of sp³-hybridized carbons (Fsp3) is 0.250. The second-order valence-electron chi connectivity index (χ2n) is 5.37. The van der Waals surface area contributed by atoms with Crippen LogP contribution in [0.3, 0.4) is 0 Å². The van der Waals surface area contributed by atoms with Crippen molar-refractivity contribution in [1.29, 1.82) is 0 Å². The maximum Gasteiger partial charge on any atom is 0.256 e. The third-order valence-corrected chi connectivity index (χ3v) is 5.66. The van der Waals surface area contributed by atoms with Gasteiger partial charge in [0.05, 0.1) is 18.1 Å². The Bertz CT molecular complexity index is 862. The molecule has 2 aromatic rings. The molecule has 1 aromatic carbocycles. The summed E-state index contributed by atoms with van der Waals surface area (Å²) in [5.74, 6) is -0.607.